The summed E-state index contributed by atoms with van der Waals surface area (Å²) in [4.78, 5) is 4.36. The third-order valence-electron chi connectivity index (χ3n) is 3.74. The van der Waals surface area contributed by atoms with Crippen molar-refractivity contribution >= 4 is 22.8 Å². The van der Waals surface area contributed by atoms with Crippen molar-refractivity contribution in [3.05, 3.63) is 36.0 Å². The van der Waals surface area contributed by atoms with Crippen LogP contribution < -0.4 is 0 Å². The summed E-state index contributed by atoms with van der Waals surface area (Å²) in [6.45, 7) is 0. The van der Waals surface area contributed by atoms with E-state index in [0.717, 1.165) is 25.0 Å². The van der Waals surface area contributed by atoms with Crippen LogP contribution in [0.1, 0.15) is 18.9 Å². The first-order valence-corrected chi connectivity index (χ1v) is 8.06. The second-order valence-corrected chi connectivity index (χ2v) is 6.46. The van der Waals surface area contributed by atoms with Crippen LogP contribution in [-0.4, -0.2) is 25.5 Å². The molecule has 3 aromatic rings. The first-order valence-electron chi connectivity index (χ1n) is 7.18. The second kappa shape index (κ2) is 5.73. The topological polar surface area (TPSA) is 43.6 Å². The largest absolute Gasteiger partial charge is 0.321 e. The molecule has 0 aliphatic heterocycles. The summed E-state index contributed by atoms with van der Waals surface area (Å²) in [6, 6.07) is 3.74. The molecule has 24 heavy (non-hydrogen) atoms. The minimum absolute atomic E-state index is 0.0641. The third-order valence-corrected chi connectivity index (χ3v) is 4.36. The van der Waals surface area contributed by atoms with Gasteiger partial charge in [-0.2, -0.15) is 13.9 Å². The van der Waals surface area contributed by atoms with E-state index in [9.17, 15) is 17.6 Å². The number of rotatable bonds is 4. The number of fused-ring (bicyclic) bond motifs is 1. The van der Waals surface area contributed by atoms with Crippen molar-refractivity contribution in [1.29, 1.82) is 0 Å². The Balaban J connectivity index is 1.88. The molecule has 4 rings (SSSR count). The van der Waals surface area contributed by atoms with Gasteiger partial charge in [-0.25, -0.2) is 13.8 Å². The molecule has 0 saturated heterocycles. The van der Waals surface area contributed by atoms with E-state index in [0.29, 0.717) is 22.4 Å². The predicted octanol–water partition coefficient (Wildman–Crippen LogP) is 4.42. The van der Waals surface area contributed by atoms with Gasteiger partial charge in [-0.15, -0.1) is 5.10 Å². The average Bonchev–Trinajstić information content (AvgIpc) is 3.30. The smallest absolute Gasteiger partial charge is 0.290 e. The van der Waals surface area contributed by atoms with Crippen molar-refractivity contribution < 1.29 is 17.6 Å². The number of benzene rings is 1. The molecule has 2 aromatic heterocycles. The molecule has 1 aliphatic carbocycles. The zero-order chi connectivity index (χ0) is 16.8. The Morgan fingerprint density at radius 1 is 1.12 bits per heavy atom. The summed E-state index contributed by atoms with van der Waals surface area (Å²) in [6.07, 6.45) is 3.20. The van der Waals surface area contributed by atoms with E-state index in [4.69, 9.17) is 0 Å². The highest BCUT2D eigenvalue weighted by Crippen LogP contribution is 2.41. The molecule has 0 bridgehead atoms. The molecule has 1 saturated carbocycles. The van der Waals surface area contributed by atoms with Gasteiger partial charge in [0.15, 0.2) is 11.6 Å². The third kappa shape index (κ3) is 2.72. The fourth-order valence-electron chi connectivity index (χ4n) is 2.61. The van der Waals surface area contributed by atoms with Crippen LogP contribution in [0.3, 0.4) is 0 Å². The van der Waals surface area contributed by atoms with Gasteiger partial charge in [0, 0.05) is 23.7 Å². The van der Waals surface area contributed by atoms with Crippen LogP contribution in [-0.2, 0) is 0 Å². The number of nitrogens with zero attached hydrogens (tertiary/aromatic N) is 4. The van der Waals surface area contributed by atoms with Gasteiger partial charge in [-0.05, 0) is 30.7 Å². The summed E-state index contributed by atoms with van der Waals surface area (Å²) in [5.41, 5.74) is 1.28. The lowest BCUT2D eigenvalue weighted by Gasteiger charge is -2.08. The van der Waals surface area contributed by atoms with Gasteiger partial charge in [0.05, 0.1) is 17.2 Å². The van der Waals surface area contributed by atoms with Crippen LogP contribution in [0.2, 0.25) is 0 Å². The number of hydrogen-bond acceptors (Lipinski definition) is 4. The molecule has 2 heterocycles. The van der Waals surface area contributed by atoms with Gasteiger partial charge < -0.3 is 4.57 Å². The molecule has 1 aliphatic rings. The van der Waals surface area contributed by atoms with Gasteiger partial charge >= 0.3 is 0 Å². The average molecular weight is 354 g/mol. The summed E-state index contributed by atoms with van der Waals surface area (Å²) >= 11 is 0.285. The van der Waals surface area contributed by atoms with Crippen molar-refractivity contribution in [2.24, 2.45) is 0 Å². The van der Waals surface area contributed by atoms with Gasteiger partial charge in [0.1, 0.15) is 10.9 Å². The van der Waals surface area contributed by atoms with E-state index < -0.39 is 17.4 Å². The summed E-state index contributed by atoms with van der Waals surface area (Å²) in [7, 11) is 0. The van der Waals surface area contributed by atoms with Crippen molar-refractivity contribution in [3.8, 4) is 11.4 Å². The van der Waals surface area contributed by atoms with E-state index in [2.05, 4.69) is 15.2 Å². The number of imidazole rings is 1. The fraction of sp³-hybridized carbons (Fsp3) is 0.267. The lowest BCUT2D eigenvalue weighted by molar-refractivity contribution is 0.252. The number of hydrogen-bond donors (Lipinski definition) is 0. The van der Waals surface area contributed by atoms with Crippen LogP contribution in [0.5, 0.6) is 0 Å². The molecule has 0 amide bonds. The SMILES string of the molecule is Fc1cc2nc(-c3cnnc(SC(F)F)c3)n(C3CC3)c2cc1F. The van der Waals surface area contributed by atoms with Crippen molar-refractivity contribution in [2.45, 2.75) is 29.7 Å². The number of aromatic nitrogens is 4. The summed E-state index contributed by atoms with van der Waals surface area (Å²) in [5, 5.41) is 7.45. The van der Waals surface area contributed by atoms with Crippen LogP contribution >= 0.6 is 11.8 Å². The molecule has 9 heteroatoms. The van der Waals surface area contributed by atoms with Gasteiger partial charge in [0.25, 0.3) is 5.76 Å². The van der Waals surface area contributed by atoms with Crippen molar-refractivity contribution in [3.63, 3.8) is 0 Å². The van der Waals surface area contributed by atoms with E-state index in [1.807, 2.05) is 4.57 Å². The standard InChI is InChI=1S/C15H10F4N4S/c16-9-4-11-12(5-10(9)17)23(8-1-2-8)14(21-11)7-3-13(22-20-6-7)24-15(18)19/h3-6,8,15H,1-2H2. The minimum Gasteiger partial charge on any atom is -0.321 e. The first-order chi connectivity index (χ1) is 11.5. The Morgan fingerprint density at radius 3 is 2.58 bits per heavy atom. The first kappa shape index (κ1) is 15.4. The zero-order valence-corrected chi connectivity index (χ0v) is 12.9. The fourth-order valence-corrected chi connectivity index (χ4v) is 3.09. The van der Waals surface area contributed by atoms with Crippen LogP contribution in [0.4, 0.5) is 17.6 Å². The molecular formula is C15H10F4N4S. The lowest BCUT2D eigenvalue weighted by Crippen LogP contribution is -1.99. The molecule has 0 unspecified atom stereocenters. The highest BCUT2D eigenvalue weighted by molar-refractivity contribution is 7.99. The van der Waals surface area contributed by atoms with Crippen molar-refractivity contribution in [2.75, 3.05) is 0 Å². The van der Waals surface area contributed by atoms with Gasteiger partial charge in [-0.1, -0.05) is 0 Å². The Hall–Kier alpha value is -2.16. The second-order valence-electron chi connectivity index (χ2n) is 5.45. The van der Waals surface area contributed by atoms with Gasteiger partial charge in [0.2, 0.25) is 0 Å². The minimum atomic E-state index is -2.61. The number of halogens is 4. The molecular weight excluding hydrogens is 344 g/mol. The Bertz CT molecular complexity index is 923. The molecule has 1 aromatic carbocycles. The molecule has 0 radical (unpaired) electrons. The molecule has 0 N–H and O–H groups in total. The van der Waals surface area contributed by atoms with Crippen molar-refractivity contribution in [1.82, 2.24) is 19.7 Å². The number of alkyl halides is 2. The maximum Gasteiger partial charge on any atom is 0.290 e. The molecule has 0 spiro atoms. The Labute approximate surface area is 137 Å². The van der Waals surface area contributed by atoms with Crippen LogP contribution in [0.15, 0.2) is 29.4 Å². The quantitative estimate of drug-likeness (QED) is 0.514. The normalized spacial score (nSPS) is 14.7. The van der Waals surface area contributed by atoms with E-state index in [1.54, 1.807) is 0 Å². The Kier molecular flexibility index (Phi) is 3.67. The summed E-state index contributed by atoms with van der Waals surface area (Å²) in [5.74, 6) is -4.09. The van der Waals surface area contributed by atoms with E-state index in [1.165, 1.54) is 12.3 Å². The summed E-state index contributed by atoms with van der Waals surface area (Å²) < 4.78 is 53.9. The maximum absolute atomic E-state index is 13.6. The molecule has 1 fully saturated rings. The molecule has 4 nitrogen and oxygen atoms in total. The molecule has 124 valence electrons. The monoisotopic (exact) mass is 354 g/mol. The zero-order valence-electron chi connectivity index (χ0n) is 12.1. The highest BCUT2D eigenvalue weighted by atomic mass is 32.2. The van der Waals surface area contributed by atoms with E-state index >= 15 is 0 Å². The maximum atomic E-state index is 13.6. The highest BCUT2D eigenvalue weighted by Gasteiger charge is 2.29. The lowest BCUT2D eigenvalue weighted by atomic mass is 10.3. The van der Waals surface area contributed by atoms with E-state index in [-0.39, 0.29) is 22.8 Å². The molecule has 0 atom stereocenters. The van der Waals surface area contributed by atoms with Crippen LogP contribution in [0.25, 0.3) is 22.4 Å². The predicted molar refractivity (Wildman–Crippen MR) is 80.8 cm³/mol. The van der Waals surface area contributed by atoms with Crippen LogP contribution in [0, 0.1) is 11.6 Å². The Morgan fingerprint density at radius 2 is 1.88 bits per heavy atom. The number of thioether (sulfide) groups is 1. The van der Waals surface area contributed by atoms with Gasteiger partial charge in [-0.3, -0.25) is 0 Å².